The quantitative estimate of drug-likeness (QED) is 0.254. The predicted octanol–water partition coefficient (Wildman–Crippen LogP) is 6.33. The van der Waals surface area contributed by atoms with E-state index in [0.29, 0.717) is 44.2 Å². The van der Waals surface area contributed by atoms with Crippen molar-refractivity contribution in [2.75, 3.05) is 37.7 Å². The number of rotatable bonds is 6. The molecule has 1 saturated heterocycles. The zero-order valence-electron chi connectivity index (χ0n) is 22.1. The molecule has 0 N–H and O–H groups in total. The smallest absolute Gasteiger partial charge is 0.274 e. The molecule has 1 aromatic heterocycles. The van der Waals surface area contributed by atoms with E-state index in [-0.39, 0.29) is 23.0 Å². The van der Waals surface area contributed by atoms with Crippen LogP contribution in [0.25, 0.3) is 27.8 Å². The van der Waals surface area contributed by atoms with Crippen molar-refractivity contribution in [3.05, 3.63) is 108 Å². The van der Waals surface area contributed by atoms with Crippen LogP contribution in [0.2, 0.25) is 0 Å². The summed E-state index contributed by atoms with van der Waals surface area (Å²) in [6.45, 7) is 4.67. The molecular weight excluding hydrogens is 510 g/mol. The van der Waals surface area contributed by atoms with Gasteiger partial charge in [-0.25, -0.2) is 13.8 Å². The Bertz CT molecular complexity index is 1670. The van der Waals surface area contributed by atoms with Crippen molar-refractivity contribution >= 4 is 22.4 Å². The second-order valence-electron chi connectivity index (χ2n) is 9.66. The normalized spacial score (nSPS) is 13.6. The van der Waals surface area contributed by atoms with Gasteiger partial charge >= 0.3 is 0 Å². The molecule has 0 aliphatic carbocycles. The number of aromatic nitrogens is 2. The summed E-state index contributed by atoms with van der Waals surface area (Å²) in [5.41, 5.74) is 1.53. The van der Waals surface area contributed by atoms with Crippen molar-refractivity contribution in [3.63, 3.8) is 0 Å². The number of imidazole rings is 1. The molecule has 2 heterocycles. The van der Waals surface area contributed by atoms with Gasteiger partial charge in [0, 0.05) is 44.1 Å². The summed E-state index contributed by atoms with van der Waals surface area (Å²) < 4.78 is 36.9. The average Bonchev–Trinajstić information content (AvgIpc) is 3.42. The van der Waals surface area contributed by atoms with E-state index >= 15 is 0 Å². The lowest BCUT2D eigenvalue weighted by Crippen LogP contribution is -2.48. The van der Waals surface area contributed by atoms with Gasteiger partial charge in [0.15, 0.2) is 5.82 Å². The van der Waals surface area contributed by atoms with Crippen LogP contribution in [-0.4, -0.2) is 53.1 Å². The molecule has 0 atom stereocenters. The number of anilines is 1. The molecule has 0 bridgehead atoms. The molecule has 0 saturated carbocycles. The van der Waals surface area contributed by atoms with Crippen LogP contribution in [0.15, 0.2) is 91.1 Å². The topological polar surface area (TPSA) is 50.6 Å². The summed E-state index contributed by atoms with van der Waals surface area (Å²) in [7, 11) is 0. The third-order valence-electron chi connectivity index (χ3n) is 7.18. The average molecular weight is 539 g/mol. The van der Waals surface area contributed by atoms with Crippen LogP contribution in [-0.2, 0) is 0 Å². The fourth-order valence-electron chi connectivity index (χ4n) is 5.16. The number of ether oxygens (including phenoxy) is 1. The highest BCUT2D eigenvalue weighted by Crippen LogP contribution is 2.30. The Morgan fingerprint density at radius 2 is 1.55 bits per heavy atom. The Morgan fingerprint density at radius 1 is 0.825 bits per heavy atom. The van der Waals surface area contributed by atoms with Crippen LogP contribution >= 0.6 is 0 Å². The van der Waals surface area contributed by atoms with Crippen molar-refractivity contribution in [2.45, 2.75) is 6.92 Å². The molecule has 1 aliphatic heterocycles. The molecule has 5 aromatic rings. The maximum absolute atomic E-state index is 14.9. The predicted molar refractivity (Wildman–Crippen MR) is 152 cm³/mol. The number of benzene rings is 4. The third kappa shape index (κ3) is 4.88. The molecule has 40 heavy (non-hydrogen) atoms. The van der Waals surface area contributed by atoms with E-state index in [1.54, 1.807) is 39.9 Å². The van der Waals surface area contributed by atoms with Crippen LogP contribution in [0.5, 0.6) is 5.75 Å². The van der Waals surface area contributed by atoms with Crippen molar-refractivity contribution in [1.29, 1.82) is 0 Å². The fraction of sp³-hybridized carbons (Fsp3) is 0.188. The Kier molecular flexibility index (Phi) is 6.90. The Balaban J connectivity index is 1.28. The molecule has 1 fully saturated rings. The van der Waals surface area contributed by atoms with E-state index in [9.17, 15) is 13.6 Å². The van der Waals surface area contributed by atoms with E-state index in [2.05, 4.69) is 40.2 Å². The van der Waals surface area contributed by atoms with Crippen molar-refractivity contribution in [1.82, 2.24) is 14.5 Å². The minimum Gasteiger partial charge on any atom is -0.494 e. The summed E-state index contributed by atoms with van der Waals surface area (Å²) in [5, 5.41) is 2.36. The standard InChI is InChI=1S/C32H28F2N4O2/c1-2-40-26-10-5-9-25(20-26)38-21-29(35-31(38)30-27(33)11-6-12-28(30)34)32(39)37-17-15-36(16-18-37)24-14-13-22-7-3-4-8-23(22)19-24/h3-14,19-21H,2,15-18H2,1H3. The van der Waals surface area contributed by atoms with Crippen LogP contribution in [0.4, 0.5) is 14.5 Å². The lowest BCUT2D eigenvalue weighted by molar-refractivity contribution is 0.0741. The minimum absolute atomic E-state index is 0.0161. The van der Waals surface area contributed by atoms with Gasteiger partial charge in [0.1, 0.15) is 23.1 Å². The number of nitrogens with zero attached hydrogens (tertiary/aromatic N) is 4. The maximum atomic E-state index is 14.9. The van der Waals surface area contributed by atoms with Gasteiger partial charge in [-0.1, -0.05) is 42.5 Å². The van der Waals surface area contributed by atoms with Crippen LogP contribution in [0.3, 0.4) is 0 Å². The van der Waals surface area contributed by atoms with E-state index < -0.39 is 11.6 Å². The van der Waals surface area contributed by atoms with Gasteiger partial charge in [0.05, 0.1) is 17.9 Å². The number of halogens is 2. The number of hydrogen-bond acceptors (Lipinski definition) is 4. The number of fused-ring (bicyclic) bond motifs is 1. The molecule has 202 valence electrons. The fourth-order valence-corrected chi connectivity index (χ4v) is 5.16. The molecule has 0 spiro atoms. The molecule has 8 heteroatoms. The van der Waals surface area contributed by atoms with Crippen molar-refractivity contribution in [3.8, 4) is 22.8 Å². The van der Waals surface area contributed by atoms with Crippen molar-refractivity contribution in [2.24, 2.45) is 0 Å². The molecule has 6 nitrogen and oxygen atoms in total. The highest BCUT2D eigenvalue weighted by Gasteiger charge is 2.27. The lowest BCUT2D eigenvalue weighted by atomic mass is 10.1. The first-order valence-corrected chi connectivity index (χ1v) is 13.3. The van der Waals surface area contributed by atoms with Gasteiger partial charge in [0.2, 0.25) is 0 Å². The van der Waals surface area contributed by atoms with Gasteiger partial charge in [-0.05, 0) is 54.1 Å². The summed E-state index contributed by atoms with van der Waals surface area (Å²) in [6.07, 6.45) is 1.55. The third-order valence-corrected chi connectivity index (χ3v) is 7.18. The summed E-state index contributed by atoms with van der Waals surface area (Å²) in [4.78, 5) is 22.1. The number of amides is 1. The SMILES string of the molecule is CCOc1cccc(-n2cc(C(=O)N3CCN(c4ccc5ccccc5c4)CC3)nc2-c2c(F)cccc2F)c1. The van der Waals surface area contributed by atoms with E-state index in [4.69, 9.17) is 4.74 Å². The van der Waals surface area contributed by atoms with E-state index in [0.717, 1.165) is 5.69 Å². The van der Waals surface area contributed by atoms with Gasteiger partial charge < -0.3 is 14.5 Å². The second kappa shape index (κ2) is 10.8. The first kappa shape index (κ1) is 25.6. The summed E-state index contributed by atoms with van der Waals surface area (Å²) in [5.74, 6) is -1.17. The van der Waals surface area contributed by atoms with Crippen molar-refractivity contribution < 1.29 is 18.3 Å². The highest BCUT2D eigenvalue weighted by atomic mass is 19.1. The first-order valence-electron chi connectivity index (χ1n) is 13.3. The Hall–Kier alpha value is -4.72. The number of carbonyl (C=O) groups excluding carboxylic acids is 1. The van der Waals surface area contributed by atoms with Gasteiger partial charge in [0.25, 0.3) is 5.91 Å². The molecule has 0 unspecified atom stereocenters. The molecule has 1 aliphatic rings. The van der Waals surface area contributed by atoms with Crippen LogP contribution < -0.4 is 9.64 Å². The number of piperazine rings is 1. The maximum Gasteiger partial charge on any atom is 0.274 e. The molecule has 1 amide bonds. The van der Waals surface area contributed by atoms with E-state index in [1.807, 2.05) is 19.1 Å². The zero-order valence-corrected chi connectivity index (χ0v) is 22.1. The second-order valence-corrected chi connectivity index (χ2v) is 9.66. The number of hydrogen-bond donors (Lipinski definition) is 0. The van der Waals surface area contributed by atoms with Crippen LogP contribution in [0.1, 0.15) is 17.4 Å². The Morgan fingerprint density at radius 3 is 2.30 bits per heavy atom. The summed E-state index contributed by atoms with van der Waals surface area (Å²) in [6, 6.07) is 25.4. The summed E-state index contributed by atoms with van der Waals surface area (Å²) >= 11 is 0. The zero-order chi connectivity index (χ0) is 27.6. The van der Waals surface area contributed by atoms with Gasteiger partial charge in [-0.15, -0.1) is 0 Å². The first-order chi connectivity index (χ1) is 19.5. The molecule has 6 rings (SSSR count). The van der Waals surface area contributed by atoms with Gasteiger partial charge in [-0.3, -0.25) is 9.36 Å². The molecule has 0 radical (unpaired) electrons. The van der Waals surface area contributed by atoms with Gasteiger partial charge in [-0.2, -0.15) is 0 Å². The molecule has 4 aromatic carbocycles. The van der Waals surface area contributed by atoms with Crippen LogP contribution in [0, 0.1) is 11.6 Å². The minimum atomic E-state index is -0.754. The lowest BCUT2D eigenvalue weighted by Gasteiger charge is -2.36. The number of carbonyl (C=O) groups is 1. The molecular formula is C32H28F2N4O2. The Labute approximate surface area is 231 Å². The highest BCUT2D eigenvalue weighted by molar-refractivity contribution is 5.93. The monoisotopic (exact) mass is 538 g/mol. The largest absolute Gasteiger partial charge is 0.494 e. The van der Waals surface area contributed by atoms with E-state index in [1.165, 1.54) is 29.0 Å².